The lowest BCUT2D eigenvalue weighted by Gasteiger charge is -2.30. The first-order valence-corrected chi connectivity index (χ1v) is 6.61. The fraction of sp³-hybridized carbons (Fsp3) is 0.533. The van der Waals surface area contributed by atoms with Crippen LogP contribution in [0, 0.1) is 5.92 Å². The summed E-state index contributed by atoms with van der Waals surface area (Å²) in [7, 11) is 0. The van der Waals surface area contributed by atoms with Crippen molar-refractivity contribution in [3.63, 3.8) is 0 Å². The summed E-state index contributed by atoms with van der Waals surface area (Å²) in [5, 5.41) is 0. The van der Waals surface area contributed by atoms with Gasteiger partial charge in [-0.2, -0.15) is 0 Å². The van der Waals surface area contributed by atoms with E-state index in [-0.39, 0.29) is 11.8 Å². The van der Waals surface area contributed by atoms with Gasteiger partial charge in [0.1, 0.15) is 0 Å². The predicted molar refractivity (Wildman–Crippen MR) is 69.7 cm³/mol. The van der Waals surface area contributed by atoms with Crippen LogP contribution in [0.25, 0.3) is 0 Å². The molecule has 0 aliphatic heterocycles. The summed E-state index contributed by atoms with van der Waals surface area (Å²) in [5.41, 5.74) is 8.34. The number of hydrogen-bond donors (Lipinski definition) is 1. The van der Waals surface area contributed by atoms with Crippen molar-refractivity contribution in [1.82, 2.24) is 0 Å². The first kappa shape index (κ1) is 12.2. The molecule has 0 saturated carbocycles. The van der Waals surface area contributed by atoms with Gasteiger partial charge >= 0.3 is 0 Å². The maximum atomic E-state index is 11.6. The van der Waals surface area contributed by atoms with Gasteiger partial charge in [0.15, 0.2) is 0 Å². The third kappa shape index (κ3) is 2.51. The molecular weight excluding hydrogens is 210 g/mol. The summed E-state index contributed by atoms with van der Waals surface area (Å²) in [5.74, 6) is 0.229. The van der Waals surface area contributed by atoms with Crippen LogP contribution in [0.2, 0.25) is 0 Å². The van der Waals surface area contributed by atoms with E-state index in [2.05, 4.69) is 31.2 Å². The minimum Gasteiger partial charge on any atom is -0.369 e. The molecule has 1 aromatic rings. The molecule has 0 fully saturated rings. The number of carbonyl (C=O) groups is 1. The Bertz CT molecular complexity index is 400. The van der Waals surface area contributed by atoms with E-state index in [1.54, 1.807) is 0 Å². The van der Waals surface area contributed by atoms with Crippen molar-refractivity contribution in [3.05, 3.63) is 35.4 Å². The Hall–Kier alpha value is -1.31. The third-order valence-corrected chi connectivity index (χ3v) is 3.87. The quantitative estimate of drug-likeness (QED) is 0.850. The van der Waals surface area contributed by atoms with Crippen LogP contribution in [-0.2, 0) is 11.2 Å². The number of aryl methyl sites for hydroxylation is 1. The molecule has 2 atom stereocenters. The lowest BCUT2D eigenvalue weighted by Crippen LogP contribution is -2.30. The molecule has 2 N–H and O–H groups in total. The average Bonchev–Trinajstić information content (AvgIpc) is 2.35. The zero-order chi connectivity index (χ0) is 12.3. The molecule has 92 valence electrons. The van der Waals surface area contributed by atoms with Crippen molar-refractivity contribution in [2.75, 3.05) is 0 Å². The second-order valence-corrected chi connectivity index (χ2v) is 5.00. The van der Waals surface area contributed by atoms with E-state index in [0.29, 0.717) is 5.92 Å². The summed E-state index contributed by atoms with van der Waals surface area (Å²) in [6.07, 6.45) is 5.35. The van der Waals surface area contributed by atoms with Gasteiger partial charge in [0.2, 0.25) is 5.91 Å². The molecular formula is C15H21NO. The molecule has 1 unspecified atom stereocenters. The molecule has 1 aliphatic carbocycles. The molecule has 1 amide bonds. The van der Waals surface area contributed by atoms with E-state index in [9.17, 15) is 4.79 Å². The lowest BCUT2D eigenvalue weighted by molar-refractivity contribution is -0.122. The van der Waals surface area contributed by atoms with Crippen molar-refractivity contribution in [2.24, 2.45) is 11.7 Å². The van der Waals surface area contributed by atoms with Crippen LogP contribution in [0.1, 0.15) is 49.7 Å². The Kier molecular flexibility index (Phi) is 3.82. The molecule has 0 heterocycles. The van der Waals surface area contributed by atoms with Gasteiger partial charge in [-0.05, 0) is 42.7 Å². The summed E-state index contributed by atoms with van der Waals surface area (Å²) >= 11 is 0. The van der Waals surface area contributed by atoms with Crippen LogP contribution in [0.15, 0.2) is 24.3 Å². The Morgan fingerprint density at radius 1 is 1.47 bits per heavy atom. The second-order valence-electron chi connectivity index (χ2n) is 5.00. The predicted octanol–water partition coefficient (Wildman–Crippen LogP) is 3.01. The molecule has 0 radical (unpaired) electrons. The first-order valence-electron chi connectivity index (χ1n) is 6.61. The van der Waals surface area contributed by atoms with Gasteiger partial charge in [-0.3, -0.25) is 4.79 Å². The van der Waals surface area contributed by atoms with Crippen molar-refractivity contribution in [3.8, 4) is 0 Å². The van der Waals surface area contributed by atoms with Gasteiger partial charge in [-0.15, -0.1) is 0 Å². The Balaban J connectivity index is 2.30. The zero-order valence-corrected chi connectivity index (χ0v) is 10.5. The van der Waals surface area contributed by atoms with Crippen LogP contribution in [-0.4, -0.2) is 5.91 Å². The minimum absolute atomic E-state index is 0.0152. The van der Waals surface area contributed by atoms with Gasteiger partial charge in [0.25, 0.3) is 0 Å². The van der Waals surface area contributed by atoms with E-state index in [0.717, 1.165) is 25.7 Å². The number of rotatable bonds is 4. The van der Waals surface area contributed by atoms with Crippen LogP contribution in [0.4, 0.5) is 0 Å². The Morgan fingerprint density at radius 2 is 2.24 bits per heavy atom. The number of benzene rings is 1. The average molecular weight is 231 g/mol. The molecule has 2 nitrogen and oxygen atoms in total. The second kappa shape index (κ2) is 5.35. The summed E-state index contributed by atoms with van der Waals surface area (Å²) < 4.78 is 0. The molecule has 0 saturated heterocycles. The number of primary amides is 1. The highest BCUT2D eigenvalue weighted by Gasteiger charge is 2.30. The van der Waals surface area contributed by atoms with E-state index in [1.807, 2.05) is 0 Å². The molecule has 0 bridgehead atoms. The van der Waals surface area contributed by atoms with Gasteiger partial charge in [-0.1, -0.05) is 37.6 Å². The van der Waals surface area contributed by atoms with Crippen molar-refractivity contribution in [1.29, 1.82) is 0 Å². The van der Waals surface area contributed by atoms with E-state index >= 15 is 0 Å². The molecule has 0 spiro atoms. The van der Waals surface area contributed by atoms with Gasteiger partial charge in [-0.25, -0.2) is 0 Å². The molecule has 0 aromatic heterocycles. The summed E-state index contributed by atoms with van der Waals surface area (Å²) in [6, 6.07) is 8.51. The molecule has 2 heteroatoms. The standard InChI is InChI=1S/C15H21NO/c1-2-6-14(15(16)17)13-10-5-8-11-7-3-4-9-12(11)13/h3-4,7,9,13-14H,2,5-6,8,10H2,1H3,(H2,16,17)/t13-,14?/m1/s1. The molecule has 1 aromatic carbocycles. The van der Waals surface area contributed by atoms with E-state index in [4.69, 9.17) is 5.73 Å². The van der Waals surface area contributed by atoms with Crippen molar-refractivity contribution >= 4 is 5.91 Å². The summed E-state index contributed by atoms with van der Waals surface area (Å²) in [6.45, 7) is 2.12. The monoisotopic (exact) mass is 231 g/mol. The highest BCUT2D eigenvalue weighted by Crippen LogP contribution is 2.38. The van der Waals surface area contributed by atoms with Crippen LogP contribution < -0.4 is 5.73 Å². The molecule has 2 rings (SSSR count). The largest absolute Gasteiger partial charge is 0.369 e. The Morgan fingerprint density at radius 3 is 2.94 bits per heavy atom. The number of fused-ring (bicyclic) bond motifs is 1. The minimum atomic E-state index is -0.131. The summed E-state index contributed by atoms with van der Waals surface area (Å²) in [4.78, 5) is 11.6. The fourth-order valence-electron chi connectivity index (χ4n) is 3.06. The molecule has 17 heavy (non-hydrogen) atoms. The number of hydrogen-bond acceptors (Lipinski definition) is 1. The van der Waals surface area contributed by atoms with Crippen molar-refractivity contribution < 1.29 is 4.79 Å². The van der Waals surface area contributed by atoms with Gasteiger partial charge in [0.05, 0.1) is 0 Å². The van der Waals surface area contributed by atoms with E-state index < -0.39 is 0 Å². The number of carbonyl (C=O) groups excluding carboxylic acids is 1. The van der Waals surface area contributed by atoms with Crippen LogP contribution >= 0.6 is 0 Å². The Labute approximate surface area is 103 Å². The topological polar surface area (TPSA) is 43.1 Å². The maximum Gasteiger partial charge on any atom is 0.221 e. The first-order chi connectivity index (χ1) is 8.24. The maximum absolute atomic E-state index is 11.6. The lowest BCUT2D eigenvalue weighted by atomic mass is 9.74. The van der Waals surface area contributed by atoms with Gasteiger partial charge < -0.3 is 5.73 Å². The normalized spacial score (nSPS) is 20.6. The smallest absolute Gasteiger partial charge is 0.221 e. The number of amides is 1. The SMILES string of the molecule is CCCC(C(N)=O)[C@@H]1CCCc2ccccc21. The zero-order valence-electron chi connectivity index (χ0n) is 10.5. The fourth-order valence-corrected chi connectivity index (χ4v) is 3.06. The van der Waals surface area contributed by atoms with E-state index in [1.165, 1.54) is 17.5 Å². The van der Waals surface area contributed by atoms with Crippen LogP contribution in [0.3, 0.4) is 0 Å². The van der Waals surface area contributed by atoms with Crippen LogP contribution in [0.5, 0.6) is 0 Å². The van der Waals surface area contributed by atoms with Gasteiger partial charge in [0, 0.05) is 5.92 Å². The highest BCUT2D eigenvalue weighted by molar-refractivity contribution is 5.78. The third-order valence-electron chi connectivity index (χ3n) is 3.87. The number of nitrogens with two attached hydrogens (primary N) is 1. The van der Waals surface area contributed by atoms with Crippen molar-refractivity contribution in [2.45, 2.75) is 44.9 Å². The molecule has 1 aliphatic rings. The highest BCUT2D eigenvalue weighted by atomic mass is 16.1.